The number of amides is 1. The number of aryl methyl sites for hydroxylation is 1. The van der Waals surface area contributed by atoms with Crippen molar-refractivity contribution < 1.29 is 14.3 Å². The predicted octanol–water partition coefficient (Wildman–Crippen LogP) is 5.39. The number of benzene rings is 1. The summed E-state index contributed by atoms with van der Waals surface area (Å²) in [5, 5.41) is 0.995. The van der Waals surface area contributed by atoms with Crippen LogP contribution in [0.25, 0.3) is 0 Å². The standard InChI is InChI=1S/C22H28ClN3O3S/c1-5-15-13-16(8-9-17(15)23)19(28-21(30)25-12-10-24-14-25)18-7-6-11-26(18)20(27)29-22(2,3)4/h8-10,12-14,18-19H,5-7,11H2,1-4H3/t18-,19?/m0/s1. The Labute approximate surface area is 188 Å². The zero-order valence-corrected chi connectivity index (χ0v) is 19.4. The number of hydrogen-bond donors (Lipinski definition) is 0. The van der Waals surface area contributed by atoms with E-state index in [2.05, 4.69) is 11.9 Å². The Bertz CT molecular complexity index is 896. The zero-order chi connectivity index (χ0) is 21.9. The second kappa shape index (κ2) is 9.35. The van der Waals surface area contributed by atoms with Gasteiger partial charge in [0.25, 0.3) is 5.17 Å². The van der Waals surface area contributed by atoms with E-state index in [0.29, 0.717) is 11.6 Å². The van der Waals surface area contributed by atoms with Crippen molar-refractivity contribution in [1.82, 2.24) is 14.5 Å². The minimum Gasteiger partial charge on any atom is -0.460 e. The first-order valence-electron chi connectivity index (χ1n) is 10.2. The summed E-state index contributed by atoms with van der Waals surface area (Å²) < 4.78 is 13.6. The van der Waals surface area contributed by atoms with Crippen LogP contribution in [-0.2, 0) is 15.9 Å². The predicted molar refractivity (Wildman–Crippen MR) is 121 cm³/mol. The van der Waals surface area contributed by atoms with E-state index < -0.39 is 11.7 Å². The Hall–Kier alpha value is -2.12. The summed E-state index contributed by atoms with van der Waals surface area (Å²) in [4.78, 5) is 18.7. The summed E-state index contributed by atoms with van der Waals surface area (Å²) in [7, 11) is 0. The quantitative estimate of drug-likeness (QED) is 0.586. The molecule has 1 amide bonds. The largest absolute Gasteiger partial charge is 0.460 e. The van der Waals surface area contributed by atoms with E-state index in [4.69, 9.17) is 33.3 Å². The molecule has 0 bridgehead atoms. The Morgan fingerprint density at radius 3 is 2.80 bits per heavy atom. The third-order valence-corrected chi connectivity index (χ3v) is 5.67. The van der Waals surface area contributed by atoms with E-state index in [-0.39, 0.29) is 17.3 Å². The summed E-state index contributed by atoms with van der Waals surface area (Å²) in [6, 6.07) is 5.65. The maximum atomic E-state index is 12.9. The van der Waals surface area contributed by atoms with Crippen molar-refractivity contribution in [1.29, 1.82) is 0 Å². The van der Waals surface area contributed by atoms with Crippen molar-refractivity contribution in [2.24, 2.45) is 0 Å². The van der Waals surface area contributed by atoms with Gasteiger partial charge in [-0.2, -0.15) is 0 Å². The summed E-state index contributed by atoms with van der Waals surface area (Å²) >= 11 is 11.8. The molecule has 2 aromatic rings. The number of aromatic nitrogens is 2. The second-order valence-corrected chi connectivity index (χ2v) is 9.12. The van der Waals surface area contributed by atoms with Crippen LogP contribution >= 0.6 is 23.8 Å². The van der Waals surface area contributed by atoms with Crippen molar-refractivity contribution in [3.05, 3.63) is 53.1 Å². The van der Waals surface area contributed by atoms with Crippen LogP contribution < -0.4 is 0 Å². The Morgan fingerprint density at radius 2 is 2.17 bits per heavy atom. The van der Waals surface area contributed by atoms with Crippen molar-refractivity contribution in [3.63, 3.8) is 0 Å². The summed E-state index contributed by atoms with van der Waals surface area (Å²) in [6.07, 6.45) is 6.65. The first-order chi connectivity index (χ1) is 14.2. The highest BCUT2D eigenvalue weighted by atomic mass is 35.5. The number of carbonyl (C=O) groups excluding carboxylic acids is 1. The van der Waals surface area contributed by atoms with Gasteiger partial charge in [0.05, 0.1) is 6.04 Å². The normalized spacial score (nSPS) is 17.6. The molecule has 0 saturated carbocycles. The Morgan fingerprint density at radius 1 is 1.40 bits per heavy atom. The molecule has 1 aromatic heterocycles. The van der Waals surface area contributed by atoms with Crippen LogP contribution in [0, 0.1) is 0 Å². The number of hydrogen-bond acceptors (Lipinski definition) is 5. The average Bonchev–Trinajstić information content (AvgIpc) is 3.37. The molecule has 3 rings (SSSR count). The first kappa shape index (κ1) is 22.6. The minimum atomic E-state index is -0.567. The lowest BCUT2D eigenvalue weighted by atomic mass is 9.97. The molecule has 2 heterocycles. The number of thiocarbonyl (C=S) groups is 1. The molecule has 2 atom stereocenters. The number of ether oxygens (including phenoxy) is 2. The van der Waals surface area contributed by atoms with Gasteiger partial charge in [0, 0.05) is 24.0 Å². The van der Waals surface area contributed by atoms with Gasteiger partial charge in [-0.05, 0) is 69.4 Å². The highest BCUT2D eigenvalue weighted by Gasteiger charge is 2.39. The van der Waals surface area contributed by atoms with Gasteiger partial charge in [0.1, 0.15) is 18.0 Å². The van der Waals surface area contributed by atoms with Gasteiger partial charge >= 0.3 is 6.09 Å². The van der Waals surface area contributed by atoms with E-state index in [0.717, 1.165) is 30.4 Å². The molecule has 0 aliphatic carbocycles. The second-order valence-electron chi connectivity index (χ2n) is 8.36. The van der Waals surface area contributed by atoms with Crippen molar-refractivity contribution in [3.8, 4) is 0 Å². The van der Waals surface area contributed by atoms with Gasteiger partial charge in [-0.3, -0.25) is 4.57 Å². The molecule has 0 spiro atoms. The monoisotopic (exact) mass is 449 g/mol. The first-order valence-corrected chi connectivity index (χ1v) is 10.9. The fourth-order valence-electron chi connectivity index (χ4n) is 3.60. The van der Waals surface area contributed by atoms with Gasteiger partial charge in [0.15, 0.2) is 0 Å². The van der Waals surface area contributed by atoms with Crippen molar-refractivity contribution in [2.75, 3.05) is 6.54 Å². The molecule has 1 unspecified atom stereocenters. The van der Waals surface area contributed by atoms with E-state index >= 15 is 0 Å². The van der Waals surface area contributed by atoms with E-state index in [1.54, 1.807) is 28.2 Å². The molecule has 162 valence electrons. The molecular weight excluding hydrogens is 422 g/mol. The molecular formula is C22H28ClN3O3S. The molecule has 8 heteroatoms. The van der Waals surface area contributed by atoms with E-state index in [1.807, 2.05) is 39.0 Å². The molecule has 1 aliphatic rings. The van der Waals surface area contributed by atoms with Crippen LogP contribution in [-0.4, -0.2) is 43.9 Å². The molecule has 30 heavy (non-hydrogen) atoms. The SMILES string of the molecule is CCc1cc(C(OC(=S)n2ccnc2)[C@@H]2CCCN2C(=O)OC(C)(C)C)ccc1Cl. The minimum absolute atomic E-state index is 0.202. The highest BCUT2D eigenvalue weighted by Crippen LogP contribution is 2.35. The van der Waals surface area contributed by atoms with Crippen LogP contribution in [0.3, 0.4) is 0 Å². The molecule has 0 N–H and O–H groups in total. The number of rotatable bonds is 4. The summed E-state index contributed by atoms with van der Waals surface area (Å²) in [6.45, 7) is 8.27. The van der Waals surface area contributed by atoms with Crippen LogP contribution in [0.15, 0.2) is 36.9 Å². The van der Waals surface area contributed by atoms with Crippen LogP contribution in [0.2, 0.25) is 5.02 Å². The maximum absolute atomic E-state index is 12.9. The Kier molecular flexibility index (Phi) is 7.03. The van der Waals surface area contributed by atoms with E-state index in [1.165, 1.54) is 0 Å². The third kappa shape index (κ3) is 5.32. The van der Waals surface area contributed by atoms with Crippen LogP contribution in [0.1, 0.15) is 57.8 Å². The number of imidazole rings is 1. The van der Waals surface area contributed by atoms with Crippen molar-refractivity contribution in [2.45, 2.75) is 64.7 Å². The lowest BCUT2D eigenvalue weighted by molar-refractivity contribution is 0.00709. The maximum Gasteiger partial charge on any atom is 0.410 e. The van der Waals surface area contributed by atoms with Crippen LogP contribution in [0.4, 0.5) is 4.79 Å². The molecule has 1 aliphatic heterocycles. The van der Waals surface area contributed by atoms with E-state index in [9.17, 15) is 4.79 Å². The fraction of sp³-hybridized carbons (Fsp3) is 0.500. The average molecular weight is 450 g/mol. The number of halogens is 1. The van der Waals surface area contributed by atoms with Gasteiger partial charge in [-0.1, -0.05) is 30.7 Å². The molecule has 1 saturated heterocycles. The van der Waals surface area contributed by atoms with Crippen LogP contribution in [0.5, 0.6) is 0 Å². The summed E-state index contributed by atoms with van der Waals surface area (Å²) in [5.41, 5.74) is 1.39. The molecule has 1 fully saturated rings. The zero-order valence-electron chi connectivity index (χ0n) is 17.8. The molecule has 1 aromatic carbocycles. The molecule has 0 radical (unpaired) electrons. The fourth-order valence-corrected chi connectivity index (χ4v) is 4.07. The highest BCUT2D eigenvalue weighted by molar-refractivity contribution is 7.80. The number of nitrogens with zero attached hydrogens (tertiary/aromatic N) is 3. The van der Waals surface area contributed by atoms with Gasteiger partial charge in [-0.15, -0.1) is 0 Å². The smallest absolute Gasteiger partial charge is 0.410 e. The lowest BCUT2D eigenvalue weighted by Gasteiger charge is -2.33. The lowest BCUT2D eigenvalue weighted by Crippen LogP contribution is -2.43. The number of likely N-dealkylation sites (tertiary alicyclic amines) is 1. The van der Waals surface area contributed by atoms with Gasteiger partial charge in [0.2, 0.25) is 0 Å². The van der Waals surface area contributed by atoms with Gasteiger partial charge < -0.3 is 14.4 Å². The Balaban J connectivity index is 1.94. The van der Waals surface area contributed by atoms with Gasteiger partial charge in [-0.25, -0.2) is 9.78 Å². The number of carbonyl (C=O) groups is 1. The summed E-state index contributed by atoms with van der Waals surface area (Å²) in [5.74, 6) is 0. The third-order valence-electron chi connectivity index (χ3n) is 5.00. The topological polar surface area (TPSA) is 56.6 Å². The van der Waals surface area contributed by atoms with Crippen molar-refractivity contribution >= 4 is 35.1 Å². The molecule has 6 nitrogen and oxygen atoms in total.